The summed E-state index contributed by atoms with van der Waals surface area (Å²) in [5.74, 6) is 3.30. The monoisotopic (exact) mass is 145 g/mol. The summed E-state index contributed by atoms with van der Waals surface area (Å²) < 4.78 is 0. The molecular weight excluding hydrogens is 132 g/mol. The van der Waals surface area contributed by atoms with E-state index in [-0.39, 0.29) is 6.61 Å². The molecule has 0 spiro atoms. The minimum Gasteiger partial charge on any atom is -0.237 e. The minimum absolute atomic E-state index is 0.130. The van der Waals surface area contributed by atoms with Crippen LogP contribution in [0, 0.1) is 5.92 Å². The van der Waals surface area contributed by atoms with Crippen LogP contribution in [0.5, 0.6) is 0 Å². The molecule has 53 valence electrons. The highest BCUT2D eigenvalue weighted by molar-refractivity contribution is 7.99. The molecule has 1 fully saturated rings. The molecule has 1 nitrogen and oxygen atoms in total. The van der Waals surface area contributed by atoms with Crippen LogP contribution < -0.4 is 0 Å². The van der Waals surface area contributed by atoms with Gasteiger partial charge in [0.1, 0.15) is 0 Å². The van der Waals surface area contributed by atoms with Crippen LogP contribution in [0.15, 0.2) is 0 Å². The smallest absolute Gasteiger partial charge is 0.0825 e. The summed E-state index contributed by atoms with van der Waals surface area (Å²) in [7, 11) is 0. The van der Waals surface area contributed by atoms with Crippen LogP contribution in [-0.2, 0) is 5.11 Å². The van der Waals surface area contributed by atoms with Gasteiger partial charge in [-0.3, -0.25) is 0 Å². The van der Waals surface area contributed by atoms with Crippen LogP contribution >= 0.6 is 11.8 Å². The maximum absolute atomic E-state index is 10.2. The van der Waals surface area contributed by atoms with Crippen molar-refractivity contribution in [1.29, 1.82) is 0 Å². The van der Waals surface area contributed by atoms with Crippen LogP contribution in [0.1, 0.15) is 19.3 Å². The van der Waals surface area contributed by atoms with Crippen LogP contribution in [0.2, 0.25) is 0 Å². The summed E-state index contributed by atoms with van der Waals surface area (Å²) in [6.07, 6.45) is 3.54. The van der Waals surface area contributed by atoms with Crippen LogP contribution in [0.25, 0.3) is 0 Å². The fourth-order valence-electron chi connectivity index (χ4n) is 1.20. The summed E-state index contributed by atoms with van der Waals surface area (Å²) in [6.45, 7) is 0.130. The number of hydrogen-bond acceptors (Lipinski definition) is 1. The Morgan fingerprint density at radius 3 is 3.00 bits per heavy atom. The Labute approximate surface area is 60.8 Å². The van der Waals surface area contributed by atoms with Crippen molar-refractivity contribution in [2.45, 2.75) is 19.3 Å². The van der Waals surface area contributed by atoms with E-state index in [0.717, 1.165) is 12.3 Å². The Balaban J connectivity index is 2.08. The molecule has 1 atom stereocenters. The molecule has 0 aromatic heterocycles. The average molecular weight is 145 g/mol. The molecule has 1 radical (unpaired) electrons. The number of thioether (sulfide) groups is 1. The lowest BCUT2D eigenvalue weighted by Gasteiger charge is -2.19. The zero-order valence-electron chi connectivity index (χ0n) is 5.64. The maximum atomic E-state index is 10.2. The first kappa shape index (κ1) is 7.42. The van der Waals surface area contributed by atoms with E-state index in [2.05, 4.69) is 0 Å². The lowest BCUT2D eigenvalue weighted by molar-refractivity contribution is 0.171. The Hall–Kier alpha value is 0.310. The fourth-order valence-corrected chi connectivity index (χ4v) is 2.41. The predicted molar refractivity (Wildman–Crippen MR) is 40.2 cm³/mol. The zero-order chi connectivity index (χ0) is 6.53. The van der Waals surface area contributed by atoms with Crippen molar-refractivity contribution < 1.29 is 5.11 Å². The predicted octanol–water partition coefficient (Wildman–Crippen LogP) is 1.95. The average Bonchev–Trinajstić information content (AvgIpc) is 1.91. The van der Waals surface area contributed by atoms with Crippen molar-refractivity contribution in [3.8, 4) is 0 Å². The highest BCUT2D eigenvalue weighted by atomic mass is 32.2. The largest absolute Gasteiger partial charge is 0.237 e. The molecule has 1 aliphatic rings. The summed E-state index contributed by atoms with van der Waals surface area (Å²) in [6, 6.07) is 0. The first-order chi connectivity index (χ1) is 4.43. The summed E-state index contributed by atoms with van der Waals surface area (Å²) in [5, 5.41) is 10.2. The van der Waals surface area contributed by atoms with E-state index in [1.54, 1.807) is 0 Å². The van der Waals surface area contributed by atoms with Gasteiger partial charge in [-0.05, 0) is 36.7 Å². The lowest BCUT2D eigenvalue weighted by Crippen LogP contribution is -2.11. The topological polar surface area (TPSA) is 19.9 Å². The molecule has 1 rings (SSSR count). The first-order valence-electron chi connectivity index (χ1n) is 3.59. The second-order valence-electron chi connectivity index (χ2n) is 2.58. The van der Waals surface area contributed by atoms with E-state index in [1.807, 2.05) is 11.8 Å². The molecule has 0 aromatic rings. The van der Waals surface area contributed by atoms with Gasteiger partial charge in [0.15, 0.2) is 0 Å². The lowest BCUT2D eigenvalue weighted by atomic mass is 10.0. The third kappa shape index (κ3) is 2.59. The van der Waals surface area contributed by atoms with E-state index in [0.29, 0.717) is 0 Å². The quantitative estimate of drug-likeness (QED) is 0.581. The van der Waals surface area contributed by atoms with Gasteiger partial charge in [-0.1, -0.05) is 0 Å². The van der Waals surface area contributed by atoms with Crippen molar-refractivity contribution in [2.75, 3.05) is 18.1 Å². The minimum atomic E-state index is 0.130. The zero-order valence-corrected chi connectivity index (χ0v) is 6.45. The Kier molecular flexibility index (Phi) is 3.44. The molecule has 1 saturated heterocycles. The van der Waals surface area contributed by atoms with Crippen LogP contribution in [0.4, 0.5) is 0 Å². The molecule has 9 heavy (non-hydrogen) atoms. The van der Waals surface area contributed by atoms with Gasteiger partial charge < -0.3 is 0 Å². The number of hydrogen-bond donors (Lipinski definition) is 0. The fraction of sp³-hybridized carbons (Fsp3) is 1.00. The molecule has 1 aliphatic heterocycles. The van der Waals surface area contributed by atoms with E-state index in [4.69, 9.17) is 0 Å². The highest BCUT2D eigenvalue weighted by Crippen LogP contribution is 2.24. The van der Waals surface area contributed by atoms with Crippen molar-refractivity contribution in [1.82, 2.24) is 0 Å². The molecule has 0 N–H and O–H groups in total. The van der Waals surface area contributed by atoms with Crippen LogP contribution in [-0.4, -0.2) is 18.1 Å². The molecule has 1 unspecified atom stereocenters. The van der Waals surface area contributed by atoms with E-state index >= 15 is 0 Å². The van der Waals surface area contributed by atoms with E-state index < -0.39 is 0 Å². The highest BCUT2D eigenvalue weighted by Gasteiger charge is 2.12. The molecule has 2 heteroatoms. The van der Waals surface area contributed by atoms with Gasteiger partial charge in [0.25, 0.3) is 0 Å². The summed E-state index contributed by atoms with van der Waals surface area (Å²) in [4.78, 5) is 0. The van der Waals surface area contributed by atoms with Gasteiger partial charge in [0, 0.05) is 0 Å². The molecule has 0 saturated carbocycles. The molecule has 0 amide bonds. The molecule has 1 heterocycles. The Morgan fingerprint density at radius 1 is 1.56 bits per heavy atom. The molecule has 0 bridgehead atoms. The third-order valence-electron chi connectivity index (χ3n) is 1.78. The standard InChI is InChI=1S/C7H13OS/c8-4-3-7-2-1-5-9-6-7/h7H,1-6H2. The van der Waals surface area contributed by atoms with Gasteiger partial charge >= 0.3 is 0 Å². The van der Waals surface area contributed by atoms with Crippen molar-refractivity contribution in [2.24, 2.45) is 5.92 Å². The van der Waals surface area contributed by atoms with Crippen molar-refractivity contribution in [3.05, 3.63) is 0 Å². The maximum Gasteiger partial charge on any atom is 0.0825 e. The molecule has 0 aromatic carbocycles. The van der Waals surface area contributed by atoms with Crippen LogP contribution in [0.3, 0.4) is 0 Å². The van der Waals surface area contributed by atoms with E-state index in [1.165, 1.54) is 24.3 Å². The summed E-state index contributed by atoms with van der Waals surface area (Å²) >= 11 is 2.00. The normalized spacial score (nSPS) is 28.3. The SMILES string of the molecule is [O]CCC1CCCSC1. The second-order valence-corrected chi connectivity index (χ2v) is 3.73. The molecular formula is C7H13OS. The van der Waals surface area contributed by atoms with Gasteiger partial charge in [-0.25, -0.2) is 5.11 Å². The second kappa shape index (κ2) is 4.18. The van der Waals surface area contributed by atoms with Crippen molar-refractivity contribution in [3.63, 3.8) is 0 Å². The van der Waals surface area contributed by atoms with Gasteiger partial charge in [0.2, 0.25) is 0 Å². The van der Waals surface area contributed by atoms with Gasteiger partial charge in [-0.15, -0.1) is 0 Å². The van der Waals surface area contributed by atoms with E-state index in [9.17, 15) is 5.11 Å². The van der Waals surface area contributed by atoms with Gasteiger partial charge in [-0.2, -0.15) is 11.8 Å². The Morgan fingerprint density at radius 2 is 2.44 bits per heavy atom. The third-order valence-corrected chi connectivity index (χ3v) is 3.07. The number of rotatable bonds is 2. The van der Waals surface area contributed by atoms with Gasteiger partial charge in [0.05, 0.1) is 6.61 Å². The summed E-state index contributed by atoms with van der Waals surface area (Å²) in [5.41, 5.74) is 0. The van der Waals surface area contributed by atoms with Crippen molar-refractivity contribution >= 4 is 11.8 Å². The molecule has 0 aliphatic carbocycles. The first-order valence-corrected chi connectivity index (χ1v) is 4.75. The Bertz CT molecular complexity index is 66.6.